The van der Waals surface area contributed by atoms with E-state index in [-0.39, 0.29) is 17.0 Å². The number of anilines is 2. The van der Waals surface area contributed by atoms with Crippen LogP contribution in [0.4, 0.5) is 16.2 Å². The van der Waals surface area contributed by atoms with Gasteiger partial charge in [0.1, 0.15) is 0 Å². The Kier molecular flexibility index (Phi) is 4.73. The Morgan fingerprint density at radius 3 is 2.24 bits per heavy atom. The lowest BCUT2D eigenvalue weighted by Gasteiger charge is -2.08. The Morgan fingerprint density at radius 1 is 1.05 bits per heavy atom. The van der Waals surface area contributed by atoms with Crippen LogP contribution in [0.3, 0.4) is 0 Å². The van der Waals surface area contributed by atoms with E-state index in [1.807, 2.05) is 0 Å². The largest absolute Gasteiger partial charge is 0.341 e. The van der Waals surface area contributed by atoms with Gasteiger partial charge in [-0.05, 0) is 30.3 Å². The van der Waals surface area contributed by atoms with Crippen molar-refractivity contribution in [3.05, 3.63) is 53.3 Å². The molecule has 108 valence electrons. The number of carbonyl (C=O) groups is 2. The molecule has 0 aliphatic heterocycles. The fourth-order valence-corrected chi connectivity index (χ4v) is 1.79. The second-order valence-electron chi connectivity index (χ2n) is 4.09. The molecule has 7 heteroatoms. The zero-order valence-electron chi connectivity index (χ0n) is 11.2. The van der Waals surface area contributed by atoms with Crippen LogP contribution < -0.4 is 16.0 Å². The van der Waals surface area contributed by atoms with Gasteiger partial charge in [-0.1, -0.05) is 11.6 Å². The van der Waals surface area contributed by atoms with E-state index in [1.165, 1.54) is 19.4 Å². The molecule has 1 aromatic carbocycles. The number of nitrogens with one attached hydrogen (secondary N) is 3. The highest BCUT2D eigenvalue weighted by Gasteiger charge is 2.10. The number of pyridine rings is 1. The number of hydrogen-bond acceptors (Lipinski definition) is 3. The minimum absolute atomic E-state index is 0.285. The zero-order valence-corrected chi connectivity index (χ0v) is 11.9. The number of amides is 3. The molecule has 0 fully saturated rings. The fraction of sp³-hybridized carbons (Fsp3) is 0.0714. The van der Waals surface area contributed by atoms with Crippen LogP contribution in [0.2, 0.25) is 5.02 Å². The Morgan fingerprint density at radius 2 is 1.67 bits per heavy atom. The Hall–Kier alpha value is -2.60. The van der Waals surface area contributed by atoms with Crippen molar-refractivity contribution < 1.29 is 9.59 Å². The summed E-state index contributed by atoms with van der Waals surface area (Å²) >= 11 is 5.91. The average molecular weight is 305 g/mol. The number of hydrogen-bond donors (Lipinski definition) is 3. The molecule has 0 atom stereocenters. The monoisotopic (exact) mass is 304 g/mol. The van der Waals surface area contributed by atoms with Gasteiger partial charge in [0.25, 0.3) is 5.91 Å². The number of aromatic nitrogens is 1. The summed E-state index contributed by atoms with van der Waals surface area (Å²) in [4.78, 5) is 27.0. The van der Waals surface area contributed by atoms with Crippen LogP contribution in [0.5, 0.6) is 0 Å². The Balaban J connectivity index is 2.05. The highest BCUT2D eigenvalue weighted by atomic mass is 35.5. The predicted molar refractivity (Wildman–Crippen MR) is 81.7 cm³/mol. The molecule has 0 aliphatic rings. The van der Waals surface area contributed by atoms with Crippen LogP contribution in [0.25, 0.3) is 0 Å². The van der Waals surface area contributed by atoms with Gasteiger partial charge in [0.05, 0.1) is 10.6 Å². The molecule has 0 saturated carbocycles. The van der Waals surface area contributed by atoms with E-state index in [9.17, 15) is 9.59 Å². The molecule has 3 N–H and O–H groups in total. The van der Waals surface area contributed by atoms with Crippen molar-refractivity contribution in [2.45, 2.75) is 0 Å². The molecular weight excluding hydrogens is 292 g/mol. The second-order valence-corrected chi connectivity index (χ2v) is 4.50. The highest BCUT2D eigenvalue weighted by molar-refractivity contribution is 6.34. The molecular formula is C14H13ClN4O2. The van der Waals surface area contributed by atoms with Gasteiger partial charge in [0.2, 0.25) is 0 Å². The molecule has 2 aromatic rings. The van der Waals surface area contributed by atoms with Crippen LogP contribution >= 0.6 is 11.6 Å². The first kappa shape index (κ1) is 14.8. The van der Waals surface area contributed by atoms with Gasteiger partial charge in [0, 0.05) is 30.8 Å². The van der Waals surface area contributed by atoms with Gasteiger partial charge >= 0.3 is 6.03 Å². The van der Waals surface area contributed by atoms with Crippen molar-refractivity contribution in [2.24, 2.45) is 0 Å². The third-order valence-electron chi connectivity index (χ3n) is 2.64. The Bertz CT molecular complexity index is 658. The van der Waals surface area contributed by atoms with Gasteiger partial charge < -0.3 is 16.0 Å². The lowest BCUT2D eigenvalue weighted by atomic mass is 10.2. The molecule has 1 heterocycles. The third kappa shape index (κ3) is 3.93. The second kappa shape index (κ2) is 6.71. The van der Waals surface area contributed by atoms with Gasteiger partial charge in [-0.3, -0.25) is 9.78 Å². The summed E-state index contributed by atoms with van der Waals surface area (Å²) in [5.41, 5.74) is 1.56. The van der Waals surface area contributed by atoms with E-state index in [0.717, 1.165) is 0 Å². The van der Waals surface area contributed by atoms with Crippen LogP contribution in [-0.2, 0) is 0 Å². The lowest BCUT2D eigenvalue weighted by molar-refractivity contribution is 0.102. The molecule has 0 aliphatic carbocycles. The predicted octanol–water partition coefficient (Wildman–Crippen LogP) is 2.74. The number of carbonyl (C=O) groups excluding carboxylic acids is 2. The first-order chi connectivity index (χ1) is 10.1. The summed E-state index contributed by atoms with van der Waals surface area (Å²) < 4.78 is 0. The highest BCUT2D eigenvalue weighted by Crippen LogP contribution is 2.17. The first-order valence-corrected chi connectivity index (χ1v) is 6.47. The SMILES string of the molecule is CNC(=O)Nc1ccc(NC(=O)c2ccncc2Cl)cc1. The summed E-state index contributed by atoms with van der Waals surface area (Å²) in [6, 6.07) is 7.95. The van der Waals surface area contributed by atoms with E-state index in [0.29, 0.717) is 16.9 Å². The first-order valence-electron chi connectivity index (χ1n) is 6.10. The number of benzene rings is 1. The van der Waals surface area contributed by atoms with E-state index in [2.05, 4.69) is 20.9 Å². The minimum atomic E-state index is -0.325. The van der Waals surface area contributed by atoms with Gasteiger partial charge in [0.15, 0.2) is 0 Å². The molecule has 0 spiro atoms. The van der Waals surface area contributed by atoms with E-state index in [1.54, 1.807) is 30.3 Å². The average Bonchev–Trinajstić information content (AvgIpc) is 2.49. The normalized spacial score (nSPS) is 9.81. The minimum Gasteiger partial charge on any atom is -0.341 e. The molecule has 3 amide bonds. The smallest absolute Gasteiger partial charge is 0.318 e. The number of halogens is 1. The third-order valence-corrected chi connectivity index (χ3v) is 2.95. The maximum Gasteiger partial charge on any atom is 0.318 e. The fourth-order valence-electron chi connectivity index (χ4n) is 1.59. The number of rotatable bonds is 3. The van der Waals surface area contributed by atoms with Crippen molar-refractivity contribution in [1.29, 1.82) is 0 Å². The molecule has 0 unspecified atom stereocenters. The van der Waals surface area contributed by atoms with E-state index in [4.69, 9.17) is 11.6 Å². The standard InChI is InChI=1S/C14H13ClN4O2/c1-16-14(21)19-10-4-2-9(3-5-10)18-13(20)11-6-7-17-8-12(11)15/h2-8H,1H3,(H,18,20)(H2,16,19,21). The summed E-state index contributed by atoms with van der Waals surface area (Å²) in [6.45, 7) is 0. The van der Waals surface area contributed by atoms with E-state index >= 15 is 0 Å². The molecule has 1 aromatic heterocycles. The Labute approximate surface area is 126 Å². The summed E-state index contributed by atoms with van der Waals surface area (Å²) in [6.07, 6.45) is 2.91. The molecule has 6 nitrogen and oxygen atoms in total. The number of urea groups is 1. The lowest BCUT2D eigenvalue weighted by Crippen LogP contribution is -2.24. The van der Waals surface area contributed by atoms with Crippen LogP contribution in [0.1, 0.15) is 10.4 Å². The van der Waals surface area contributed by atoms with Crippen LogP contribution in [0.15, 0.2) is 42.7 Å². The number of nitrogens with zero attached hydrogens (tertiary/aromatic N) is 1. The quantitative estimate of drug-likeness (QED) is 0.815. The van der Waals surface area contributed by atoms with Crippen LogP contribution in [0, 0.1) is 0 Å². The molecule has 0 saturated heterocycles. The van der Waals surface area contributed by atoms with Crippen molar-refractivity contribution in [3.8, 4) is 0 Å². The van der Waals surface area contributed by atoms with Gasteiger partial charge in [-0.15, -0.1) is 0 Å². The maximum absolute atomic E-state index is 12.0. The molecule has 0 radical (unpaired) electrons. The maximum atomic E-state index is 12.0. The van der Waals surface area contributed by atoms with Gasteiger partial charge in [-0.25, -0.2) is 4.79 Å². The summed E-state index contributed by atoms with van der Waals surface area (Å²) in [5, 5.41) is 8.07. The summed E-state index contributed by atoms with van der Waals surface area (Å²) in [7, 11) is 1.53. The summed E-state index contributed by atoms with van der Waals surface area (Å²) in [5.74, 6) is -0.325. The van der Waals surface area contributed by atoms with Crippen molar-refractivity contribution in [1.82, 2.24) is 10.3 Å². The topological polar surface area (TPSA) is 83.1 Å². The van der Waals surface area contributed by atoms with Crippen molar-refractivity contribution in [3.63, 3.8) is 0 Å². The molecule has 0 bridgehead atoms. The zero-order chi connectivity index (χ0) is 15.2. The van der Waals surface area contributed by atoms with Gasteiger partial charge in [-0.2, -0.15) is 0 Å². The van der Waals surface area contributed by atoms with Crippen LogP contribution in [-0.4, -0.2) is 24.0 Å². The molecule has 21 heavy (non-hydrogen) atoms. The van der Waals surface area contributed by atoms with Crippen molar-refractivity contribution in [2.75, 3.05) is 17.7 Å². The van der Waals surface area contributed by atoms with Crippen molar-refractivity contribution >= 4 is 34.9 Å². The van der Waals surface area contributed by atoms with E-state index < -0.39 is 0 Å². The molecule has 2 rings (SSSR count).